The van der Waals surface area contributed by atoms with Gasteiger partial charge in [0.2, 0.25) is 0 Å². The van der Waals surface area contributed by atoms with Crippen molar-refractivity contribution in [1.29, 1.82) is 0 Å². The summed E-state index contributed by atoms with van der Waals surface area (Å²) >= 11 is 0. The highest BCUT2D eigenvalue weighted by Crippen LogP contribution is 2.21. The average molecular weight is 290 g/mol. The molecular weight excluding hydrogens is 272 g/mol. The maximum atomic E-state index is 12.2. The Labute approximate surface area is 122 Å². The van der Waals surface area contributed by atoms with Gasteiger partial charge < -0.3 is 19.7 Å². The summed E-state index contributed by atoms with van der Waals surface area (Å²) in [7, 11) is 1.62. The first-order chi connectivity index (χ1) is 10.0. The van der Waals surface area contributed by atoms with Gasteiger partial charge in [-0.2, -0.15) is 0 Å². The molecule has 1 heterocycles. The van der Waals surface area contributed by atoms with Crippen LogP contribution in [0.1, 0.15) is 17.3 Å². The van der Waals surface area contributed by atoms with E-state index < -0.39 is 17.9 Å². The molecule has 1 amide bonds. The summed E-state index contributed by atoms with van der Waals surface area (Å²) in [6.07, 6.45) is 1.73. The molecule has 2 rings (SSSR count). The molecule has 0 aliphatic carbocycles. The van der Waals surface area contributed by atoms with Gasteiger partial charge >= 0.3 is 5.97 Å². The molecule has 0 saturated heterocycles. The van der Waals surface area contributed by atoms with Gasteiger partial charge in [-0.15, -0.1) is 0 Å². The summed E-state index contributed by atoms with van der Waals surface area (Å²) in [4.78, 5) is 23.1. The van der Waals surface area contributed by atoms with Crippen LogP contribution in [0.5, 0.6) is 0 Å². The number of carbonyl (C=O) groups is 2. The van der Waals surface area contributed by atoms with Crippen LogP contribution in [0.2, 0.25) is 0 Å². The number of carbonyl (C=O) groups excluding carboxylic acids is 1. The number of ether oxygens (including phenoxy) is 1. The molecule has 0 unspecified atom stereocenters. The molecule has 1 aromatic heterocycles. The number of amides is 1. The molecule has 0 spiro atoms. The average Bonchev–Trinajstić information content (AvgIpc) is 2.84. The van der Waals surface area contributed by atoms with Crippen LogP contribution in [0.25, 0.3) is 10.9 Å². The highest BCUT2D eigenvalue weighted by molar-refractivity contribution is 6.07. The van der Waals surface area contributed by atoms with Gasteiger partial charge in [0.25, 0.3) is 5.91 Å². The number of hydrogen-bond acceptors (Lipinski definition) is 3. The van der Waals surface area contributed by atoms with Crippen LogP contribution in [0.3, 0.4) is 0 Å². The lowest BCUT2D eigenvalue weighted by Gasteiger charge is -2.08. The zero-order chi connectivity index (χ0) is 15.4. The normalized spacial score (nSPS) is 12.3. The summed E-state index contributed by atoms with van der Waals surface area (Å²) < 4.78 is 6.99. The quantitative estimate of drug-likeness (QED) is 0.844. The van der Waals surface area contributed by atoms with Crippen molar-refractivity contribution in [2.75, 3.05) is 13.7 Å². The number of carboxylic acids is 1. The molecule has 0 fully saturated rings. The molecule has 0 saturated carbocycles. The van der Waals surface area contributed by atoms with E-state index in [9.17, 15) is 9.59 Å². The van der Waals surface area contributed by atoms with Gasteiger partial charge in [-0.1, -0.05) is 18.2 Å². The van der Waals surface area contributed by atoms with Gasteiger partial charge in [0, 0.05) is 30.8 Å². The Hall–Kier alpha value is -2.34. The third kappa shape index (κ3) is 3.22. The van der Waals surface area contributed by atoms with Crippen molar-refractivity contribution in [2.45, 2.75) is 19.5 Å². The van der Waals surface area contributed by atoms with Gasteiger partial charge in [-0.25, -0.2) is 0 Å². The number of carboxylic acid groups (broad SMARTS) is 1. The molecular formula is C15H18N2O4. The topological polar surface area (TPSA) is 80.6 Å². The smallest absolute Gasteiger partial charge is 0.325 e. The fraction of sp³-hybridized carbons (Fsp3) is 0.333. The lowest BCUT2D eigenvalue weighted by Crippen LogP contribution is -2.38. The second kappa shape index (κ2) is 6.41. The first-order valence-electron chi connectivity index (χ1n) is 6.65. The predicted octanol–water partition coefficient (Wildman–Crippen LogP) is 1.49. The van der Waals surface area contributed by atoms with Crippen molar-refractivity contribution in [1.82, 2.24) is 9.88 Å². The van der Waals surface area contributed by atoms with E-state index >= 15 is 0 Å². The first-order valence-corrected chi connectivity index (χ1v) is 6.65. The molecule has 1 aromatic carbocycles. The van der Waals surface area contributed by atoms with E-state index in [0.717, 1.165) is 10.9 Å². The summed E-state index contributed by atoms with van der Waals surface area (Å²) in [5.74, 6) is -1.45. The molecule has 0 aliphatic heterocycles. The van der Waals surface area contributed by atoms with Gasteiger partial charge in [0.15, 0.2) is 0 Å². The van der Waals surface area contributed by atoms with E-state index in [1.807, 2.05) is 28.8 Å². The van der Waals surface area contributed by atoms with Crippen molar-refractivity contribution >= 4 is 22.8 Å². The molecule has 2 aromatic rings. The molecule has 1 atom stereocenters. The Morgan fingerprint density at radius 1 is 1.38 bits per heavy atom. The summed E-state index contributed by atoms with van der Waals surface area (Å²) in [5, 5.41) is 12.1. The van der Waals surface area contributed by atoms with Crippen LogP contribution in [-0.2, 0) is 16.1 Å². The lowest BCUT2D eigenvalue weighted by atomic mass is 10.1. The Balaban J connectivity index is 2.35. The Morgan fingerprint density at radius 2 is 2.10 bits per heavy atom. The third-order valence-electron chi connectivity index (χ3n) is 3.29. The summed E-state index contributed by atoms with van der Waals surface area (Å²) in [6, 6.07) is 6.58. The van der Waals surface area contributed by atoms with Crippen LogP contribution in [0.4, 0.5) is 0 Å². The number of fused-ring (bicyclic) bond motifs is 1. The standard InChI is InChI=1S/C15H18N2O4/c1-10(15(19)20)16-14(18)12-9-17(7-8-21-2)13-6-4-3-5-11(12)13/h3-6,9-10H,7-8H2,1-2H3,(H,16,18)(H,19,20)/t10-/m1/s1. The molecule has 0 aliphatic rings. The number of hydrogen-bond donors (Lipinski definition) is 2. The highest BCUT2D eigenvalue weighted by Gasteiger charge is 2.19. The fourth-order valence-corrected chi connectivity index (χ4v) is 2.14. The second-order valence-electron chi connectivity index (χ2n) is 4.78. The van der Waals surface area contributed by atoms with Crippen molar-refractivity contribution < 1.29 is 19.4 Å². The molecule has 0 bridgehead atoms. The van der Waals surface area contributed by atoms with Gasteiger partial charge in [0.05, 0.1) is 12.2 Å². The fourth-order valence-electron chi connectivity index (χ4n) is 2.14. The van der Waals surface area contributed by atoms with E-state index in [2.05, 4.69) is 5.32 Å². The first kappa shape index (κ1) is 15.1. The van der Waals surface area contributed by atoms with E-state index in [1.54, 1.807) is 13.3 Å². The van der Waals surface area contributed by atoms with Crippen LogP contribution >= 0.6 is 0 Å². The largest absolute Gasteiger partial charge is 0.480 e. The van der Waals surface area contributed by atoms with Crippen molar-refractivity contribution in [3.05, 3.63) is 36.0 Å². The number of rotatable bonds is 6. The number of aromatic nitrogens is 1. The van der Waals surface area contributed by atoms with Crippen LogP contribution < -0.4 is 5.32 Å². The van der Waals surface area contributed by atoms with Crippen LogP contribution in [0.15, 0.2) is 30.5 Å². The number of para-hydroxylation sites is 1. The maximum absolute atomic E-state index is 12.2. The maximum Gasteiger partial charge on any atom is 0.325 e. The minimum atomic E-state index is -1.06. The number of methoxy groups -OCH3 is 1. The molecule has 21 heavy (non-hydrogen) atoms. The second-order valence-corrected chi connectivity index (χ2v) is 4.78. The minimum Gasteiger partial charge on any atom is -0.480 e. The SMILES string of the molecule is COCCn1cc(C(=O)N[C@H](C)C(=O)O)c2ccccc21. The van der Waals surface area contributed by atoms with Crippen molar-refractivity contribution in [3.63, 3.8) is 0 Å². The van der Waals surface area contributed by atoms with E-state index in [4.69, 9.17) is 9.84 Å². The van der Waals surface area contributed by atoms with Crippen molar-refractivity contribution in [2.24, 2.45) is 0 Å². The zero-order valence-electron chi connectivity index (χ0n) is 12.0. The van der Waals surface area contributed by atoms with E-state index in [-0.39, 0.29) is 0 Å². The summed E-state index contributed by atoms with van der Waals surface area (Å²) in [6.45, 7) is 2.59. The number of nitrogens with zero attached hydrogens (tertiary/aromatic N) is 1. The van der Waals surface area contributed by atoms with Crippen molar-refractivity contribution in [3.8, 4) is 0 Å². The molecule has 112 valence electrons. The molecule has 6 heteroatoms. The van der Waals surface area contributed by atoms with Gasteiger partial charge in [0.1, 0.15) is 6.04 Å². The summed E-state index contributed by atoms with van der Waals surface area (Å²) in [5.41, 5.74) is 1.39. The minimum absolute atomic E-state index is 0.391. The highest BCUT2D eigenvalue weighted by atomic mass is 16.5. The Bertz CT molecular complexity index is 663. The van der Waals surface area contributed by atoms with E-state index in [0.29, 0.717) is 18.7 Å². The Morgan fingerprint density at radius 3 is 2.76 bits per heavy atom. The Kier molecular flexibility index (Phi) is 4.59. The lowest BCUT2D eigenvalue weighted by molar-refractivity contribution is -0.138. The van der Waals surface area contributed by atoms with Crippen LogP contribution in [-0.4, -0.2) is 41.3 Å². The van der Waals surface area contributed by atoms with E-state index in [1.165, 1.54) is 6.92 Å². The zero-order valence-corrected chi connectivity index (χ0v) is 12.0. The predicted molar refractivity (Wildman–Crippen MR) is 78.4 cm³/mol. The number of nitrogens with one attached hydrogen (secondary N) is 1. The van der Waals surface area contributed by atoms with Gasteiger partial charge in [-0.3, -0.25) is 9.59 Å². The molecule has 6 nitrogen and oxygen atoms in total. The van der Waals surface area contributed by atoms with Crippen LogP contribution in [0, 0.1) is 0 Å². The number of benzene rings is 1. The van der Waals surface area contributed by atoms with Gasteiger partial charge in [-0.05, 0) is 13.0 Å². The third-order valence-corrected chi connectivity index (χ3v) is 3.29. The monoisotopic (exact) mass is 290 g/mol. The number of aliphatic carboxylic acids is 1. The molecule has 0 radical (unpaired) electrons. The molecule has 2 N–H and O–H groups in total.